The monoisotopic (exact) mass is 376 g/mol. The number of aliphatic carboxylic acids is 1. The Balaban J connectivity index is 0.000000225. The second-order valence-electron chi connectivity index (χ2n) is 6.61. The lowest BCUT2D eigenvalue weighted by molar-refractivity contribution is -0.192. The molecule has 25 heavy (non-hydrogen) atoms. The van der Waals surface area contributed by atoms with Crippen molar-refractivity contribution in [2.75, 3.05) is 18.0 Å². The van der Waals surface area contributed by atoms with E-state index in [2.05, 4.69) is 26.6 Å². The summed E-state index contributed by atoms with van der Waals surface area (Å²) in [7, 11) is 0. The molecule has 9 heteroatoms. The number of hydrogen-bond acceptors (Lipinski definition) is 4. The maximum Gasteiger partial charge on any atom is 0.490 e. The summed E-state index contributed by atoms with van der Waals surface area (Å²) in [5.41, 5.74) is 1.12. The van der Waals surface area contributed by atoms with Crippen LogP contribution in [-0.4, -0.2) is 53.2 Å². The third kappa shape index (κ3) is 4.14. The minimum Gasteiger partial charge on any atom is -0.475 e. The molecular weight excluding hydrogens is 357 g/mol. The Morgan fingerprint density at radius 1 is 1.28 bits per heavy atom. The predicted molar refractivity (Wildman–Crippen MR) is 86.6 cm³/mol. The Morgan fingerprint density at radius 2 is 1.96 bits per heavy atom. The number of hydrogen-bond donors (Lipinski definition) is 1. The van der Waals surface area contributed by atoms with Crippen molar-refractivity contribution in [1.82, 2.24) is 4.90 Å². The van der Waals surface area contributed by atoms with Gasteiger partial charge in [0.1, 0.15) is 0 Å². The van der Waals surface area contributed by atoms with Gasteiger partial charge in [0.15, 0.2) is 0 Å². The molecule has 5 nitrogen and oxygen atoms in total. The van der Waals surface area contributed by atoms with Crippen LogP contribution < -0.4 is 4.90 Å². The zero-order valence-corrected chi connectivity index (χ0v) is 14.2. The van der Waals surface area contributed by atoms with E-state index in [0.29, 0.717) is 18.0 Å². The summed E-state index contributed by atoms with van der Waals surface area (Å²) < 4.78 is 31.7. The molecule has 2 atom stereocenters. The zero-order chi connectivity index (χ0) is 18.2. The van der Waals surface area contributed by atoms with E-state index in [4.69, 9.17) is 9.90 Å². The molecule has 0 bridgehead atoms. The van der Waals surface area contributed by atoms with Crippen molar-refractivity contribution in [3.63, 3.8) is 0 Å². The first-order valence-electron chi connectivity index (χ1n) is 8.16. The summed E-state index contributed by atoms with van der Waals surface area (Å²) in [6, 6.07) is 3.00. The van der Waals surface area contributed by atoms with E-state index < -0.39 is 12.1 Å². The molecule has 1 saturated carbocycles. The molecule has 2 saturated heterocycles. The Labute approximate surface area is 147 Å². The summed E-state index contributed by atoms with van der Waals surface area (Å²) in [5.74, 6) is -1.51. The van der Waals surface area contributed by atoms with Crippen LogP contribution >= 0.6 is 11.3 Å². The maximum atomic E-state index is 12.2. The van der Waals surface area contributed by atoms with Crippen LogP contribution in [0.15, 0.2) is 16.8 Å². The third-order valence-electron chi connectivity index (χ3n) is 4.83. The average Bonchev–Trinajstić information content (AvgIpc) is 2.92. The predicted octanol–water partition coefficient (Wildman–Crippen LogP) is 2.97. The van der Waals surface area contributed by atoms with Crippen molar-refractivity contribution in [2.24, 2.45) is 5.92 Å². The number of rotatable bonds is 3. The van der Waals surface area contributed by atoms with Crippen LogP contribution in [0.5, 0.6) is 0 Å². The van der Waals surface area contributed by atoms with E-state index in [1.807, 2.05) is 0 Å². The van der Waals surface area contributed by atoms with Crippen LogP contribution in [0.3, 0.4) is 0 Å². The topological polar surface area (TPSA) is 60.9 Å². The van der Waals surface area contributed by atoms with E-state index in [9.17, 15) is 18.0 Å². The highest BCUT2D eigenvalue weighted by molar-refractivity contribution is 7.08. The number of carboxylic acid groups (broad SMARTS) is 1. The fourth-order valence-electron chi connectivity index (χ4n) is 3.52. The quantitative estimate of drug-likeness (QED) is 0.881. The van der Waals surface area contributed by atoms with Crippen LogP contribution in [0, 0.1) is 5.92 Å². The van der Waals surface area contributed by atoms with Crippen molar-refractivity contribution in [1.29, 1.82) is 0 Å². The first kappa shape index (κ1) is 18.2. The van der Waals surface area contributed by atoms with Gasteiger partial charge < -0.3 is 10.0 Å². The zero-order valence-electron chi connectivity index (χ0n) is 13.4. The van der Waals surface area contributed by atoms with Gasteiger partial charge in [-0.15, -0.1) is 0 Å². The number of alkyl halides is 3. The van der Waals surface area contributed by atoms with Gasteiger partial charge >= 0.3 is 12.1 Å². The highest BCUT2D eigenvalue weighted by Gasteiger charge is 2.48. The maximum absolute atomic E-state index is 12.2. The molecule has 1 aliphatic carbocycles. The molecule has 138 valence electrons. The van der Waals surface area contributed by atoms with Gasteiger partial charge in [-0.1, -0.05) is 0 Å². The van der Waals surface area contributed by atoms with Crippen LogP contribution in [0.1, 0.15) is 25.7 Å². The first-order valence-corrected chi connectivity index (χ1v) is 9.10. The summed E-state index contributed by atoms with van der Waals surface area (Å²) in [6.45, 7) is 2.41. The van der Waals surface area contributed by atoms with E-state index >= 15 is 0 Å². The number of nitrogens with zero attached hydrogens (tertiary/aromatic N) is 2. The molecule has 1 aromatic heterocycles. The second-order valence-corrected chi connectivity index (χ2v) is 7.39. The van der Waals surface area contributed by atoms with Crippen molar-refractivity contribution in [3.05, 3.63) is 16.8 Å². The molecule has 3 aliphatic rings. The molecule has 3 fully saturated rings. The number of carbonyl (C=O) groups is 2. The molecule has 0 unspecified atom stereocenters. The van der Waals surface area contributed by atoms with E-state index in [1.54, 1.807) is 11.3 Å². The summed E-state index contributed by atoms with van der Waals surface area (Å²) >= 11 is 1.68. The first-order chi connectivity index (χ1) is 11.8. The highest BCUT2D eigenvalue weighted by Crippen LogP contribution is 2.39. The highest BCUT2D eigenvalue weighted by atomic mass is 32.1. The molecule has 1 aromatic rings. The normalized spacial score (nSPS) is 26.4. The molecule has 0 radical (unpaired) electrons. The smallest absolute Gasteiger partial charge is 0.475 e. The Morgan fingerprint density at radius 3 is 2.48 bits per heavy atom. The third-order valence-corrected chi connectivity index (χ3v) is 5.50. The number of carbonyl (C=O) groups excluding carboxylic acids is 1. The molecule has 1 amide bonds. The van der Waals surface area contributed by atoms with Crippen molar-refractivity contribution < 1.29 is 27.9 Å². The molecule has 3 heterocycles. The van der Waals surface area contributed by atoms with E-state index in [0.717, 1.165) is 24.4 Å². The fourth-order valence-corrected chi connectivity index (χ4v) is 4.14. The van der Waals surface area contributed by atoms with E-state index in [1.165, 1.54) is 25.9 Å². The van der Waals surface area contributed by atoms with Gasteiger partial charge in [-0.05, 0) is 36.6 Å². The number of amides is 1. The number of carboxylic acids is 1. The second kappa shape index (κ2) is 6.95. The average molecular weight is 376 g/mol. The number of anilines is 1. The summed E-state index contributed by atoms with van der Waals surface area (Å²) in [6.07, 6.45) is -0.404. The number of likely N-dealkylation sites (tertiary alicyclic amines) is 1. The Kier molecular flexibility index (Phi) is 5.06. The summed E-state index contributed by atoms with van der Waals surface area (Å²) in [5, 5.41) is 11.3. The lowest BCUT2D eigenvalue weighted by Crippen LogP contribution is -2.37. The van der Waals surface area contributed by atoms with Crippen molar-refractivity contribution >= 4 is 28.9 Å². The SMILES string of the molecule is O=C(O)C(F)(F)F.O=C1C[C@@H]2[C@H](CCN2CC2CC2)N1c1ccsc1. The van der Waals surface area contributed by atoms with Crippen LogP contribution in [-0.2, 0) is 9.59 Å². The molecule has 1 N–H and O–H groups in total. The lowest BCUT2D eigenvalue weighted by atomic mass is 10.1. The number of thiophene rings is 1. The molecule has 2 aliphatic heterocycles. The van der Waals surface area contributed by atoms with Gasteiger partial charge in [-0.25, -0.2) is 4.79 Å². The molecule has 0 aromatic carbocycles. The largest absolute Gasteiger partial charge is 0.490 e. The van der Waals surface area contributed by atoms with Crippen LogP contribution in [0.2, 0.25) is 0 Å². The lowest BCUT2D eigenvalue weighted by Gasteiger charge is -2.24. The van der Waals surface area contributed by atoms with Gasteiger partial charge in [0.25, 0.3) is 0 Å². The number of halogens is 3. The molecule has 4 rings (SSSR count). The molecular formula is C16H19F3N2O3S. The van der Waals surface area contributed by atoms with Gasteiger partial charge in [0.2, 0.25) is 5.91 Å². The van der Waals surface area contributed by atoms with Crippen LogP contribution in [0.4, 0.5) is 18.9 Å². The van der Waals surface area contributed by atoms with Gasteiger partial charge in [-0.3, -0.25) is 9.69 Å². The van der Waals surface area contributed by atoms with Gasteiger partial charge in [-0.2, -0.15) is 24.5 Å². The Hall–Kier alpha value is -1.61. The van der Waals surface area contributed by atoms with Crippen LogP contribution in [0.25, 0.3) is 0 Å². The fraction of sp³-hybridized carbons (Fsp3) is 0.625. The van der Waals surface area contributed by atoms with Gasteiger partial charge in [0, 0.05) is 30.9 Å². The van der Waals surface area contributed by atoms with E-state index in [-0.39, 0.29) is 0 Å². The Bertz CT molecular complexity index is 631. The minimum absolute atomic E-state index is 0.323. The van der Waals surface area contributed by atoms with Gasteiger partial charge in [0.05, 0.1) is 11.7 Å². The molecule has 0 spiro atoms. The van der Waals surface area contributed by atoms with Crippen molar-refractivity contribution in [2.45, 2.75) is 43.9 Å². The standard InChI is InChI=1S/C14H18N2OS.C2HF3O2/c17-14-7-13-12(16(14)11-4-6-18-9-11)3-5-15(13)8-10-1-2-10;3-2(4,5)1(6)7/h4,6,9-10,12-13H,1-3,5,7-8H2;(H,6,7)/t12-,13+;/m0./s1. The summed E-state index contributed by atoms with van der Waals surface area (Å²) in [4.78, 5) is 25.8. The van der Waals surface area contributed by atoms with Crippen molar-refractivity contribution in [3.8, 4) is 0 Å². The minimum atomic E-state index is -5.08. The number of fused-ring (bicyclic) bond motifs is 1.